The SMILES string of the molecule is CCOCCCNCCN1CCCC(N(C)C)C1. The summed E-state index contributed by atoms with van der Waals surface area (Å²) in [6, 6.07) is 0.747. The van der Waals surface area contributed by atoms with Gasteiger partial charge in [0.2, 0.25) is 0 Å². The second kappa shape index (κ2) is 9.73. The highest BCUT2D eigenvalue weighted by Crippen LogP contribution is 2.12. The summed E-state index contributed by atoms with van der Waals surface area (Å²) >= 11 is 0. The summed E-state index contributed by atoms with van der Waals surface area (Å²) in [4.78, 5) is 4.95. The van der Waals surface area contributed by atoms with Crippen LogP contribution in [-0.2, 0) is 4.74 Å². The normalized spacial score (nSPS) is 21.7. The number of piperidine rings is 1. The van der Waals surface area contributed by atoms with Gasteiger partial charge in [0, 0.05) is 38.9 Å². The summed E-state index contributed by atoms with van der Waals surface area (Å²) in [6.45, 7) is 9.62. The van der Waals surface area contributed by atoms with Gasteiger partial charge in [-0.3, -0.25) is 0 Å². The molecular weight excluding hydrogens is 226 g/mol. The fraction of sp³-hybridized carbons (Fsp3) is 1.00. The van der Waals surface area contributed by atoms with E-state index in [1.54, 1.807) is 0 Å². The van der Waals surface area contributed by atoms with Crippen molar-refractivity contribution in [3.05, 3.63) is 0 Å². The van der Waals surface area contributed by atoms with Crippen molar-refractivity contribution in [2.75, 3.05) is 60.0 Å². The Kier molecular flexibility index (Phi) is 8.59. The number of ether oxygens (including phenoxy) is 1. The first-order valence-electron chi connectivity index (χ1n) is 7.41. The van der Waals surface area contributed by atoms with Gasteiger partial charge in [-0.2, -0.15) is 0 Å². The number of likely N-dealkylation sites (tertiary alicyclic amines) is 1. The van der Waals surface area contributed by atoms with E-state index in [0.29, 0.717) is 0 Å². The number of hydrogen-bond donors (Lipinski definition) is 1. The molecule has 0 aromatic carbocycles. The van der Waals surface area contributed by atoms with E-state index >= 15 is 0 Å². The van der Waals surface area contributed by atoms with Crippen molar-refractivity contribution in [3.63, 3.8) is 0 Å². The molecule has 0 bridgehead atoms. The molecule has 18 heavy (non-hydrogen) atoms. The van der Waals surface area contributed by atoms with Crippen molar-refractivity contribution in [3.8, 4) is 0 Å². The summed E-state index contributed by atoms with van der Waals surface area (Å²) in [5.74, 6) is 0. The lowest BCUT2D eigenvalue weighted by Gasteiger charge is -2.36. The van der Waals surface area contributed by atoms with E-state index in [4.69, 9.17) is 4.74 Å². The van der Waals surface area contributed by atoms with E-state index in [-0.39, 0.29) is 0 Å². The third-order valence-electron chi connectivity index (χ3n) is 3.66. The van der Waals surface area contributed by atoms with Gasteiger partial charge in [-0.25, -0.2) is 0 Å². The van der Waals surface area contributed by atoms with Crippen molar-refractivity contribution < 1.29 is 4.74 Å². The fourth-order valence-corrected chi connectivity index (χ4v) is 2.46. The Morgan fingerprint density at radius 1 is 1.33 bits per heavy atom. The Morgan fingerprint density at radius 2 is 2.17 bits per heavy atom. The van der Waals surface area contributed by atoms with Gasteiger partial charge in [-0.15, -0.1) is 0 Å². The number of likely N-dealkylation sites (N-methyl/N-ethyl adjacent to an activating group) is 1. The molecule has 1 N–H and O–H groups in total. The van der Waals surface area contributed by atoms with Crippen LogP contribution in [0.1, 0.15) is 26.2 Å². The maximum atomic E-state index is 5.31. The summed E-state index contributed by atoms with van der Waals surface area (Å²) in [5.41, 5.74) is 0. The van der Waals surface area contributed by atoms with Crippen LogP contribution in [0.5, 0.6) is 0 Å². The zero-order chi connectivity index (χ0) is 13.2. The lowest BCUT2D eigenvalue weighted by atomic mass is 10.1. The first kappa shape index (κ1) is 15.9. The van der Waals surface area contributed by atoms with E-state index in [9.17, 15) is 0 Å². The average Bonchev–Trinajstić information content (AvgIpc) is 2.38. The largest absolute Gasteiger partial charge is 0.382 e. The van der Waals surface area contributed by atoms with Crippen molar-refractivity contribution in [1.29, 1.82) is 0 Å². The zero-order valence-corrected chi connectivity index (χ0v) is 12.5. The molecule has 1 aliphatic heterocycles. The van der Waals surface area contributed by atoms with Crippen molar-refractivity contribution in [1.82, 2.24) is 15.1 Å². The van der Waals surface area contributed by atoms with Crippen LogP contribution in [-0.4, -0.2) is 75.9 Å². The Balaban J connectivity index is 1.98. The minimum atomic E-state index is 0.747. The maximum absolute atomic E-state index is 5.31. The Bertz CT molecular complexity index is 199. The number of rotatable bonds is 9. The predicted octanol–water partition coefficient (Wildman–Crippen LogP) is 1.03. The lowest BCUT2D eigenvalue weighted by Crippen LogP contribution is -2.46. The fourth-order valence-electron chi connectivity index (χ4n) is 2.46. The molecule has 1 rings (SSSR count). The predicted molar refractivity (Wildman–Crippen MR) is 77.1 cm³/mol. The van der Waals surface area contributed by atoms with Crippen molar-refractivity contribution in [2.24, 2.45) is 0 Å². The van der Waals surface area contributed by atoms with Gasteiger partial charge < -0.3 is 19.9 Å². The first-order valence-corrected chi connectivity index (χ1v) is 7.41. The van der Waals surface area contributed by atoms with Gasteiger partial charge in [-0.05, 0) is 53.4 Å². The highest BCUT2D eigenvalue weighted by atomic mass is 16.5. The second-order valence-electron chi connectivity index (χ2n) is 5.36. The minimum Gasteiger partial charge on any atom is -0.382 e. The van der Waals surface area contributed by atoms with Crippen LogP contribution >= 0.6 is 0 Å². The molecule has 4 nitrogen and oxygen atoms in total. The summed E-state index contributed by atoms with van der Waals surface area (Å²) in [7, 11) is 4.39. The molecule has 0 saturated carbocycles. The molecule has 0 amide bonds. The maximum Gasteiger partial charge on any atom is 0.0477 e. The van der Waals surface area contributed by atoms with Gasteiger partial charge in [0.25, 0.3) is 0 Å². The van der Waals surface area contributed by atoms with E-state index in [0.717, 1.165) is 38.8 Å². The molecule has 0 radical (unpaired) electrons. The van der Waals surface area contributed by atoms with Gasteiger partial charge >= 0.3 is 0 Å². The first-order chi connectivity index (χ1) is 8.74. The summed E-state index contributed by atoms with van der Waals surface area (Å²) in [5, 5.41) is 3.50. The molecule has 0 aliphatic carbocycles. The Labute approximate surface area is 113 Å². The van der Waals surface area contributed by atoms with Gasteiger partial charge in [0.1, 0.15) is 0 Å². The van der Waals surface area contributed by atoms with Crippen molar-refractivity contribution in [2.45, 2.75) is 32.2 Å². The molecule has 0 aromatic rings. The monoisotopic (exact) mass is 257 g/mol. The number of nitrogens with one attached hydrogen (secondary N) is 1. The topological polar surface area (TPSA) is 27.7 Å². The van der Waals surface area contributed by atoms with Gasteiger partial charge in [-0.1, -0.05) is 0 Å². The smallest absolute Gasteiger partial charge is 0.0477 e. The lowest BCUT2D eigenvalue weighted by molar-refractivity contribution is 0.132. The second-order valence-corrected chi connectivity index (χ2v) is 5.36. The number of nitrogens with zero attached hydrogens (tertiary/aromatic N) is 2. The standard InChI is InChI=1S/C14H31N3O/c1-4-18-12-6-8-15-9-11-17-10-5-7-14(13-17)16(2)3/h14-15H,4-13H2,1-3H3. The van der Waals surface area contributed by atoms with E-state index in [2.05, 4.69) is 29.2 Å². The van der Waals surface area contributed by atoms with E-state index < -0.39 is 0 Å². The highest BCUT2D eigenvalue weighted by molar-refractivity contribution is 4.78. The van der Waals surface area contributed by atoms with Crippen LogP contribution in [0.2, 0.25) is 0 Å². The minimum absolute atomic E-state index is 0.747. The molecule has 0 spiro atoms. The summed E-state index contributed by atoms with van der Waals surface area (Å²) in [6.07, 6.45) is 3.81. The Hall–Kier alpha value is -0.160. The van der Waals surface area contributed by atoms with Crippen LogP contribution < -0.4 is 5.32 Å². The van der Waals surface area contributed by atoms with E-state index in [1.807, 2.05) is 6.92 Å². The Morgan fingerprint density at radius 3 is 2.89 bits per heavy atom. The van der Waals surface area contributed by atoms with Crippen LogP contribution in [0.15, 0.2) is 0 Å². The molecule has 1 atom stereocenters. The summed E-state index contributed by atoms with van der Waals surface area (Å²) < 4.78 is 5.31. The third-order valence-corrected chi connectivity index (χ3v) is 3.66. The molecule has 1 heterocycles. The highest BCUT2D eigenvalue weighted by Gasteiger charge is 2.20. The van der Waals surface area contributed by atoms with E-state index in [1.165, 1.54) is 32.5 Å². The van der Waals surface area contributed by atoms with Crippen LogP contribution in [0.25, 0.3) is 0 Å². The van der Waals surface area contributed by atoms with Gasteiger partial charge in [0.15, 0.2) is 0 Å². The average molecular weight is 257 g/mol. The van der Waals surface area contributed by atoms with Crippen LogP contribution in [0.4, 0.5) is 0 Å². The van der Waals surface area contributed by atoms with Crippen LogP contribution in [0.3, 0.4) is 0 Å². The molecule has 1 unspecified atom stereocenters. The van der Waals surface area contributed by atoms with Crippen molar-refractivity contribution >= 4 is 0 Å². The molecular formula is C14H31N3O. The van der Waals surface area contributed by atoms with Gasteiger partial charge in [0.05, 0.1) is 0 Å². The molecule has 1 fully saturated rings. The quantitative estimate of drug-likeness (QED) is 0.624. The third kappa shape index (κ3) is 6.69. The molecule has 4 heteroatoms. The molecule has 108 valence electrons. The molecule has 1 aliphatic rings. The van der Waals surface area contributed by atoms with Crippen LogP contribution in [0, 0.1) is 0 Å². The molecule has 0 aromatic heterocycles. The molecule has 1 saturated heterocycles. The number of hydrogen-bond acceptors (Lipinski definition) is 4. The zero-order valence-electron chi connectivity index (χ0n) is 12.5.